The molecule has 3 aromatic heterocycles. The maximum Gasteiger partial charge on any atom is 0.251 e. The highest BCUT2D eigenvalue weighted by atomic mass is 32.1. The first-order chi connectivity index (χ1) is 13.7. The summed E-state index contributed by atoms with van der Waals surface area (Å²) in [4.78, 5) is 7.32. The largest absolute Gasteiger partial charge is 0.466 e. The van der Waals surface area contributed by atoms with Gasteiger partial charge in [0.2, 0.25) is 5.89 Å². The Kier molecular flexibility index (Phi) is 4.49. The SMILES string of the molecule is Cc1cc(-c2nnc(CN3CCCCC3c3nc4ccccc4s3)o2)c(C)o1. The molecule has 0 radical (unpaired) electrons. The summed E-state index contributed by atoms with van der Waals surface area (Å²) >= 11 is 1.79. The molecule has 0 amide bonds. The van der Waals surface area contributed by atoms with Crippen LogP contribution in [-0.2, 0) is 6.54 Å². The van der Waals surface area contributed by atoms with Crippen LogP contribution < -0.4 is 0 Å². The molecule has 1 aromatic carbocycles. The van der Waals surface area contributed by atoms with Crippen LogP contribution in [0.1, 0.15) is 47.7 Å². The Bertz CT molecular complexity index is 1080. The number of benzene rings is 1. The van der Waals surface area contributed by atoms with Crippen molar-refractivity contribution in [3.05, 3.63) is 52.8 Å². The van der Waals surface area contributed by atoms with Crippen molar-refractivity contribution in [2.45, 2.75) is 45.7 Å². The van der Waals surface area contributed by atoms with Crippen molar-refractivity contribution in [2.24, 2.45) is 0 Å². The molecule has 0 N–H and O–H groups in total. The first kappa shape index (κ1) is 17.6. The third-order valence-corrected chi connectivity index (χ3v) is 6.42. The summed E-state index contributed by atoms with van der Waals surface area (Å²) in [6, 6.07) is 10.6. The average Bonchev–Trinajstić information content (AvgIpc) is 3.40. The Hall–Kier alpha value is -2.51. The van der Waals surface area contributed by atoms with Gasteiger partial charge in [0.15, 0.2) is 0 Å². The molecule has 1 aliphatic heterocycles. The molecular formula is C21H22N4O2S. The molecule has 28 heavy (non-hydrogen) atoms. The molecule has 7 heteroatoms. The smallest absolute Gasteiger partial charge is 0.251 e. The quantitative estimate of drug-likeness (QED) is 0.469. The van der Waals surface area contributed by atoms with Crippen LogP contribution in [-0.4, -0.2) is 26.6 Å². The number of aromatic nitrogens is 3. The molecule has 1 saturated heterocycles. The van der Waals surface area contributed by atoms with Gasteiger partial charge in [-0.1, -0.05) is 18.6 Å². The number of hydrogen-bond acceptors (Lipinski definition) is 7. The number of hydrogen-bond donors (Lipinski definition) is 0. The highest BCUT2D eigenvalue weighted by Crippen LogP contribution is 2.36. The molecule has 4 heterocycles. The van der Waals surface area contributed by atoms with E-state index in [0.29, 0.717) is 24.4 Å². The lowest BCUT2D eigenvalue weighted by Gasteiger charge is -2.33. The standard InChI is InChI=1S/C21H22N4O2S/c1-13-11-15(14(2)26-13)20-24-23-19(27-20)12-25-10-6-5-8-17(25)21-22-16-7-3-4-9-18(16)28-21/h3-4,7,9,11,17H,5-6,8,10,12H2,1-2H3. The van der Waals surface area contributed by atoms with Crippen molar-refractivity contribution < 1.29 is 8.83 Å². The van der Waals surface area contributed by atoms with Crippen molar-refractivity contribution in [2.75, 3.05) is 6.54 Å². The zero-order chi connectivity index (χ0) is 19.1. The van der Waals surface area contributed by atoms with Gasteiger partial charge in [-0.05, 0) is 51.4 Å². The molecule has 1 fully saturated rings. The summed E-state index contributed by atoms with van der Waals surface area (Å²) in [6.45, 7) is 5.50. The van der Waals surface area contributed by atoms with Gasteiger partial charge in [0.1, 0.15) is 16.5 Å². The van der Waals surface area contributed by atoms with Gasteiger partial charge in [-0.25, -0.2) is 4.98 Å². The van der Waals surface area contributed by atoms with E-state index >= 15 is 0 Å². The number of piperidine rings is 1. The number of rotatable bonds is 4. The van der Waals surface area contributed by atoms with E-state index < -0.39 is 0 Å². The minimum atomic E-state index is 0.305. The first-order valence-corrected chi connectivity index (χ1v) is 10.5. The maximum atomic E-state index is 5.97. The lowest BCUT2D eigenvalue weighted by Crippen LogP contribution is -2.33. The lowest BCUT2D eigenvalue weighted by molar-refractivity contribution is 0.128. The van der Waals surface area contributed by atoms with Crippen LogP contribution in [0.5, 0.6) is 0 Å². The summed E-state index contributed by atoms with van der Waals surface area (Å²) in [6.07, 6.45) is 3.52. The number of thiazole rings is 1. The Morgan fingerprint density at radius 3 is 2.86 bits per heavy atom. The summed E-state index contributed by atoms with van der Waals surface area (Å²) in [7, 11) is 0. The third-order valence-electron chi connectivity index (χ3n) is 5.29. The van der Waals surface area contributed by atoms with Crippen LogP contribution in [0.4, 0.5) is 0 Å². The Morgan fingerprint density at radius 2 is 2.04 bits per heavy atom. The van der Waals surface area contributed by atoms with Crippen LogP contribution in [0, 0.1) is 13.8 Å². The fourth-order valence-electron chi connectivity index (χ4n) is 3.94. The maximum absolute atomic E-state index is 5.97. The topological polar surface area (TPSA) is 68.2 Å². The molecule has 0 bridgehead atoms. The number of fused-ring (bicyclic) bond motifs is 1. The monoisotopic (exact) mass is 394 g/mol. The van der Waals surface area contributed by atoms with E-state index in [0.717, 1.165) is 35.6 Å². The minimum absolute atomic E-state index is 0.305. The zero-order valence-corrected chi connectivity index (χ0v) is 16.8. The second-order valence-corrected chi connectivity index (χ2v) is 8.39. The van der Waals surface area contributed by atoms with Gasteiger partial charge < -0.3 is 8.83 Å². The van der Waals surface area contributed by atoms with Crippen LogP contribution in [0.2, 0.25) is 0 Å². The highest BCUT2D eigenvalue weighted by Gasteiger charge is 2.28. The zero-order valence-electron chi connectivity index (χ0n) is 16.0. The Balaban J connectivity index is 1.39. The molecule has 1 atom stereocenters. The molecule has 5 rings (SSSR count). The van der Waals surface area contributed by atoms with Gasteiger partial charge in [-0.15, -0.1) is 21.5 Å². The molecule has 1 aliphatic rings. The minimum Gasteiger partial charge on any atom is -0.466 e. The van der Waals surface area contributed by atoms with E-state index in [1.165, 1.54) is 22.5 Å². The van der Waals surface area contributed by atoms with Crippen molar-refractivity contribution in [1.82, 2.24) is 20.1 Å². The number of furan rings is 1. The summed E-state index contributed by atoms with van der Waals surface area (Å²) in [5.74, 6) is 2.82. The molecule has 0 aliphatic carbocycles. The predicted octanol–water partition coefficient (Wildman–Crippen LogP) is 5.28. The van der Waals surface area contributed by atoms with Gasteiger partial charge in [-0.2, -0.15) is 0 Å². The fraction of sp³-hybridized carbons (Fsp3) is 0.381. The van der Waals surface area contributed by atoms with E-state index in [2.05, 4.69) is 33.3 Å². The number of aryl methyl sites for hydroxylation is 2. The van der Waals surface area contributed by atoms with Crippen LogP contribution in [0.25, 0.3) is 21.7 Å². The van der Waals surface area contributed by atoms with Gasteiger partial charge in [-0.3, -0.25) is 4.90 Å². The number of likely N-dealkylation sites (tertiary alicyclic amines) is 1. The lowest BCUT2D eigenvalue weighted by atomic mass is 10.0. The first-order valence-electron chi connectivity index (χ1n) is 9.67. The van der Waals surface area contributed by atoms with E-state index in [4.69, 9.17) is 13.8 Å². The molecule has 0 saturated carbocycles. The fourth-order valence-corrected chi connectivity index (χ4v) is 5.07. The normalized spacial score (nSPS) is 18.1. The number of nitrogens with zero attached hydrogens (tertiary/aromatic N) is 4. The average molecular weight is 395 g/mol. The van der Waals surface area contributed by atoms with E-state index in [1.54, 1.807) is 11.3 Å². The molecule has 4 aromatic rings. The van der Waals surface area contributed by atoms with Crippen LogP contribution >= 0.6 is 11.3 Å². The molecule has 1 unspecified atom stereocenters. The summed E-state index contributed by atoms with van der Waals surface area (Å²) in [5.41, 5.74) is 1.96. The van der Waals surface area contributed by atoms with Gasteiger partial charge in [0.05, 0.1) is 28.4 Å². The molecule has 144 valence electrons. The van der Waals surface area contributed by atoms with Gasteiger partial charge in [0.25, 0.3) is 5.89 Å². The third kappa shape index (κ3) is 3.25. The van der Waals surface area contributed by atoms with Crippen molar-refractivity contribution >= 4 is 21.6 Å². The Labute approximate surface area is 167 Å². The van der Waals surface area contributed by atoms with E-state index in [-0.39, 0.29) is 0 Å². The molecular weight excluding hydrogens is 372 g/mol. The summed E-state index contributed by atoms with van der Waals surface area (Å²) in [5, 5.41) is 9.72. The van der Waals surface area contributed by atoms with Crippen LogP contribution in [0.3, 0.4) is 0 Å². The molecule has 6 nitrogen and oxygen atoms in total. The van der Waals surface area contributed by atoms with Crippen molar-refractivity contribution in [3.8, 4) is 11.5 Å². The van der Waals surface area contributed by atoms with Crippen LogP contribution in [0.15, 0.2) is 39.2 Å². The summed E-state index contributed by atoms with van der Waals surface area (Å²) < 4.78 is 12.8. The number of para-hydroxylation sites is 1. The highest BCUT2D eigenvalue weighted by molar-refractivity contribution is 7.18. The van der Waals surface area contributed by atoms with Crippen molar-refractivity contribution in [1.29, 1.82) is 0 Å². The van der Waals surface area contributed by atoms with E-state index in [9.17, 15) is 0 Å². The Morgan fingerprint density at radius 1 is 1.14 bits per heavy atom. The van der Waals surface area contributed by atoms with Gasteiger partial charge in [0, 0.05) is 0 Å². The predicted molar refractivity (Wildman–Crippen MR) is 108 cm³/mol. The second kappa shape index (κ2) is 7.14. The molecule has 0 spiro atoms. The van der Waals surface area contributed by atoms with Crippen molar-refractivity contribution in [3.63, 3.8) is 0 Å². The van der Waals surface area contributed by atoms with Gasteiger partial charge >= 0.3 is 0 Å². The van der Waals surface area contributed by atoms with E-state index in [1.807, 2.05) is 26.0 Å². The second-order valence-electron chi connectivity index (χ2n) is 7.33.